The number of nitrogens with zero attached hydrogens (tertiary/aromatic N) is 5. The van der Waals surface area contributed by atoms with Crippen LogP contribution in [-0.4, -0.2) is 67.1 Å². The largest absolute Gasteiger partial charge is 0.508 e. The van der Waals surface area contributed by atoms with Gasteiger partial charge in [0.05, 0.1) is 12.6 Å². The zero-order valence-electron chi connectivity index (χ0n) is 16.7. The summed E-state index contributed by atoms with van der Waals surface area (Å²) in [5.41, 5.74) is 1.14. The van der Waals surface area contributed by atoms with Crippen LogP contribution in [0.4, 0.5) is 0 Å². The Bertz CT molecular complexity index is 785. The lowest BCUT2D eigenvalue weighted by atomic mass is 9.96. The van der Waals surface area contributed by atoms with E-state index in [1.807, 2.05) is 12.1 Å². The average molecular weight is 386 g/mol. The number of likely N-dealkylation sites (tertiary alicyclic amines) is 2. The fourth-order valence-corrected chi connectivity index (χ4v) is 4.47. The van der Waals surface area contributed by atoms with Gasteiger partial charge < -0.3 is 14.8 Å². The van der Waals surface area contributed by atoms with Gasteiger partial charge in [-0.3, -0.25) is 9.80 Å². The molecule has 2 saturated heterocycles. The Balaban J connectivity index is 1.39. The molecule has 0 aliphatic carbocycles. The first-order chi connectivity index (χ1) is 13.6. The van der Waals surface area contributed by atoms with E-state index in [0.717, 1.165) is 82.2 Å². The quantitative estimate of drug-likeness (QED) is 0.818. The Labute approximate surface area is 166 Å². The minimum atomic E-state index is -0.147. The molecule has 1 aromatic carbocycles. The van der Waals surface area contributed by atoms with Crippen LogP contribution in [0.1, 0.15) is 48.8 Å². The Morgan fingerprint density at radius 1 is 1.04 bits per heavy atom. The van der Waals surface area contributed by atoms with Gasteiger partial charge in [0.25, 0.3) is 0 Å². The van der Waals surface area contributed by atoms with Crippen LogP contribution in [0.3, 0.4) is 0 Å². The number of phenolic OH excluding ortho intramolecular Hbond substituents is 1. The molecular weight excluding hydrogens is 354 g/mol. The molecule has 7 nitrogen and oxygen atoms in total. The van der Waals surface area contributed by atoms with Gasteiger partial charge in [-0.1, -0.05) is 12.1 Å². The molecule has 2 aromatic rings. The predicted molar refractivity (Wildman–Crippen MR) is 107 cm³/mol. The van der Waals surface area contributed by atoms with Crippen LogP contribution in [0.2, 0.25) is 0 Å². The van der Waals surface area contributed by atoms with Crippen molar-refractivity contribution in [2.45, 2.75) is 50.8 Å². The molecule has 2 fully saturated rings. The Morgan fingerprint density at radius 2 is 1.86 bits per heavy atom. The number of aromatic nitrogens is 3. The third-order valence-electron chi connectivity index (χ3n) is 6.11. The molecule has 1 atom stereocenters. The van der Waals surface area contributed by atoms with E-state index in [-0.39, 0.29) is 6.10 Å². The molecule has 2 aliphatic rings. The number of hydrogen-bond acceptors (Lipinski definition) is 6. The zero-order valence-corrected chi connectivity index (χ0v) is 16.7. The van der Waals surface area contributed by atoms with Gasteiger partial charge in [-0.2, -0.15) is 0 Å². The summed E-state index contributed by atoms with van der Waals surface area (Å²) in [4.78, 5) is 4.80. The number of aliphatic hydroxyl groups excluding tert-OH is 1. The highest BCUT2D eigenvalue weighted by Gasteiger charge is 2.27. The van der Waals surface area contributed by atoms with Crippen LogP contribution >= 0.6 is 0 Å². The first-order valence-corrected chi connectivity index (χ1v) is 10.4. The Morgan fingerprint density at radius 3 is 2.64 bits per heavy atom. The topological polar surface area (TPSA) is 77.7 Å². The highest BCUT2D eigenvalue weighted by Crippen LogP contribution is 2.27. The Hall–Kier alpha value is -1.96. The van der Waals surface area contributed by atoms with Gasteiger partial charge in [-0.05, 0) is 49.9 Å². The number of rotatable bonds is 5. The SMILES string of the molecule is Cn1c(CN2CCC(O)CC2)nnc1[C@@H]1CCCN(Cc2cccc(O)c2)C1. The van der Waals surface area contributed by atoms with E-state index >= 15 is 0 Å². The lowest BCUT2D eigenvalue weighted by Crippen LogP contribution is -2.36. The van der Waals surface area contributed by atoms with Gasteiger partial charge in [0.15, 0.2) is 0 Å². The van der Waals surface area contributed by atoms with Gasteiger partial charge >= 0.3 is 0 Å². The van der Waals surface area contributed by atoms with Gasteiger partial charge in [0.2, 0.25) is 0 Å². The maximum Gasteiger partial charge on any atom is 0.146 e. The average Bonchev–Trinajstić information content (AvgIpc) is 3.04. The van der Waals surface area contributed by atoms with Crippen molar-refractivity contribution in [3.8, 4) is 5.75 Å². The van der Waals surface area contributed by atoms with Crippen molar-refractivity contribution in [2.24, 2.45) is 7.05 Å². The van der Waals surface area contributed by atoms with E-state index in [4.69, 9.17) is 0 Å². The van der Waals surface area contributed by atoms with Crippen molar-refractivity contribution >= 4 is 0 Å². The number of hydrogen-bond donors (Lipinski definition) is 2. The summed E-state index contributed by atoms with van der Waals surface area (Å²) in [6.45, 7) is 5.54. The van der Waals surface area contributed by atoms with E-state index in [9.17, 15) is 10.2 Å². The lowest BCUT2D eigenvalue weighted by Gasteiger charge is -2.32. The summed E-state index contributed by atoms with van der Waals surface area (Å²) < 4.78 is 2.17. The molecule has 0 unspecified atom stereocenters. The standard InChI is InChI=1S/C21H31N5O2/c1-24-20(15-25-10-7-18(27)8-11-25)22-23-21(24)17-5-3-9-26(14-17)13-16-4-2-6-19(28)12-16/h2,4,6,12,17-18,27-28H,3,5,7-11,13-15H2,1H3/t17-/m1/s1. The molecule has 2 aliphatic heterocycles. The second-order valence-corrected chi connectivity index (χ2v) is 8.28. The maximum absolute atomic E-state index is 9.70. The third-order valence-corrected chi connectivity index (χ3v) is 6.11. The molecule has 0 radical (unpaired) electrons. The molecule has 0 saturated carbocycles. The second kappa shape index (κ2) is 8.59. The first kappa shape index (κ1) is 19.4. The van der Waals surface area contributed by atoms with Crippen LogP contribution in [-0.2, 0) is 20.1 Å². The van der Waals surface area contributed by atoms with E-state index in [1.165, 1.54) is 0 Å². The normalized spacial score (nSPS) is 22.6. The molecule has 3 heterocycles. The zero-order chi connectivity index (χ0) is 19.5. The highest BCUT2D eigenvalue weighted by molar-refractivity contribution is 5.27. The van der Waals surface area contributed by atoms with Crippen molar-refractivity contribution in [2.75, 3.05) is 26.2 Å². The number of benzene rings is 1. The van der Waals surface area contributed by atoms with E-state index in [2.05, 4.69) is 37.7 Å². The molecule has 1 aromatic heterocycles. The van der Waals surface area contributed by atoms with Crippen molar-refractivity contribution in [1.29, 1.82) is 0 Å². The monoisotopic (exact) mass is 385 g/mol. The Kier molecular flexibility index (Phi) is 5.94. The van der Waals surface area contributed by atoms with Gasteiger partial charge in [0, 0.05) is 39.1 Å². The summed E-state index contributed by atoms with van der Waals surface area (Å²) >= 11 is 0. The number of phenols is 1. The smallest absolute Gasteiger partial charge is 0.146 e. The van der Waals surface area contributed by atoms with Crippen LogP contribution < -0.4 is 0 Å². The van der Waals surface area contributed by atoms with E-state index in [0.29, 0.717) is 11.7 Å². The van der Waals surface area contributed by atoms with Crippen molar-refractivity contribution in [3.05, 3.63) is 41.5 Å². The third kappa shape index (κ3) is 4.54. The summed E-state index contributed by atoms with van der Waals surface area (Å²) in [5, 5.41) is 28.4. The number of aliphatic hydroxyl groups is 1. The molecule has 152 valence electrons. The summed E-state index contributed by atoms with van der Waals surface area (Å²) in [6, 6.07) is 7.53. The van der Waals surface area contributed by atoms with Gasteiger partial charge in [-0.25, -0.2) is 0 Å². The van der Waals surface area contributed by atoms with Gasteiger partial charge in [-0.15, -0.1) is 10.2 Å². The predicted octanol–water partition coefficient (Wildman–Crippen LogP) is 1.86. The fourth-order valence-electron chi connectivity index (χ4n) is 4.47. The van der Waals surface area contributed by atoms with Crippen LogP contribution in [0, 0.1) is 0 Å². The van der Waals surface area contributed by atoms with Crippen LogP contribution in [0.25, 0.3) is 0 Å². The van der Waals surface area contributed by atoms with Crippen LogP contribution in [0.5, 0.6) is 5.75 Å². The maximum atomic E-state index is 9.70. The first-order valence-electron chi connectivity index (χ1n) is 10.4. The van der Waals surface area contributed by atoms with Gasteiger partial charge in [0.1, 0.15) is 17.4 Å². The number of aromatic hydroxyl groups is 1. The van der Waals surface area contributed by atoms with E-state index in [1.54, 1.807) is 6.07 Å². The number of piperidine rings is 2. The summed E-state index contributed by atoms with van der Waals surface area (Å²) in [7, 11) is 2.08. The van der Waals surface area contributed by atoms with E-state index < -0.39 is 0 Å². The fraction of sp³-hybridized carbons (Fsp3) is 0.619. The van der Waals surface area contributed by atoms with Crippen LogP contribution in [0.15, 0.2) is 24.3 Å². The molecular formula is C21H31N5O2. The summed E-state index contributed by atoms with van der Waals surface area (Å²) in [5.74, 6) is 2.80. The molecule has 2 N–H and O–H groups in total. The molecule has 0 amide bonds. The van der Waals surface area contributed by atoms with Crippen molar-refractivity contribution in [3.63, 3.8) is 0 Å². The lowest BCUT2D eigenvalue weighted by molar-refractivity contribution is 0.0775. The summed E-state index contributed by atoms with van der Waals surface area (Å²) in [6.07, 6.45) is 3.83. The minimum Gasteiger partial charge on any atom is -0.508 e. The molecule has 0 spiro atoms. The molecule has 7 heteroatoms. The minimum absolute atomic E-state index is 0.147. The second-order valence-electron chi connectivity index (χ2n) is 8.28. The molecule has 4 rings (SSSR count). The highest BCUT2D eigenvalue weighted by atomic mass is 16.3. The van der Waals surface area contributed by atoms with Crippen molar-refractivity contribution in [1.82, 2.24) is 24.6 Å². The molecule has 28 heavy (non-hydrogen) atoms. The van der Waals surface area contributed by atoms with Crippen molar-refractivity contribution < 1.29 is 10.2 Å². The molecule has 0 bridgehead atoms.